The summed E-state index contributed by atoms with van der Waals surface area (Å²) in [5.41, 5.74) is 0.686. The molecule has 8 nitrogen and oxygen atoms in total. The summed E-state index contributed by atoms with van der Waals surface area (Å²) < 4.78 is 10.2. The number of thiophene rings is 1. The molecule has 3 N–H and O–H groups in total. The number of carboxylic acids is 2. The van der Waals surface area contributed by atoms with Crippen LogP contribution in [0.2, 0.25) is 0 Å². The van der Waals surface area contributed by atoms with Gasteiger partial charge >= 0.3 is 17.9 Å². The quantitative estimate of drug-likeness (QED) is 0.233. The van der Waals surface area contributed by atoms with E-state index in [1.807, 2.05) is 0 Å². The smallest absolute Gasteiger partial charge is 0.347 e. The highest BCUT2D eigenvalue weighted by atomic mass is 32.1. The van der Waals surface area contributed by atoms with Crippen molar-refractivity contribution in [3.05, 3.63) is 47.2 Å². The number of aliphatic carboxylic acids is 1. The van der Waals surface area contributed by atoms with Crippen LogP contribution < -0.4 is 10.1 Å². The van der Waals surface area contributed by atoms with Crippen molar-refractivity contribution in [1.29, 1.82) is 0 Å². The molecule has 1 heterocycles. The Morgan fingerprint density at radius 3 is 2.33 bits per heavy atom. The normalized spacial score (nSPS) is 12.2. The molecule has 0 saturated carbocycles. The van der Waals surface area contributed by atoms with Crippen LogP contribution in [0, 0.1) is 6.92 Å². The van der Waals surface area contributed by atoms with Gasteiger partial charge in [0, 0.05) is 11.1 Å². The van der Waals surface area contributed by atoms with Crippen LogP contribution >= 0.6 is 11.3 Å². The van der Waals surface area contributed by atoms with Crippen LogP contribution in [-0.4, -0.2) is 41.3 Å². The van der Waals surface area contributed by atoms with Gasteiger partial charge in [0.05, 0.1) is 18.8 Å². The molecule has 2 aromatic rings. The third-order valence-electron chi connectivity index (χ3n) is 4.39. The number of esters is 1. The molecule has 0 aliphatic heterocycles. The number of hydrogen-bond donors (Lipinski definition) is 3. The Labute approximate surface area is 177 Å². The summed E-state index contributed by atoms with van der Waals surface area (Å²) in [6.07, 6.45) is 1.05. The van der Waals surface area contributed by atoms with Crippen molar-refractivity contribution in [2.45, 2.75) is 33.3 Å². The molecule has 30 heavy (non-hydrogen) atoms. The fraction of sp³-hybridized carbons (Fsp3) is 0.286. The average Bonchev–Trinajstić information content (AvgIpc) is 3.04. The molecule has 2 rings (SSSR count). The predicted octanol–water partition coefficient (Wildman–Crippen LogP) is 4.15. The van der Waals surface area contributed by atoms with E-state index in [0.29, 0.717) is 22.6 Å². The molecule has 0 saturated heterocycles. The zero-order valence-corrected chi connectivity index (χ0v) is 17.8. The lowest BCUT2D eigenvalue weighted by Crippen LogP contribution is -2.21. The number of anilines is 1. The summed E-state index contributed by atoms with van der Waals surface area (Å²) in [6, 6.07) is 7.12. The molecule has 0 aliphatic rings. The van der Waals surface area contributed by atoms with E-state index in [0.717, 1.165) is 23.1 Å². The maximum atomic E-state index is 12.1. The van der Waals surface area contributed by atoms with E-state index in [1.54, 1.807) is 52.1 Å². The van der Waals surface area contributed by atoms with Gasteiger partial charge in [0.25, 0.3) is 0 Å². The first-order valence-corrected chi connectivity index (χ1v) is 9.93. The van der Waals surface area contributed by atoms with Gasteiger partial charge < -0.3 is 25.0 Å². The first kappa shape index (κ1) is 23.0. The van der Waals surface area contributed by atoms with Crippen molar-refractivity contribution >= 4 is 34.2 Å². The minimum atomic E-state index is -1.48. The number of methoxy groups -OCH3 is 1. The van der Waals surface area contributed by atoms with Gasteiger partial charge in [-0.15, -0.1) is 11.3 Å². The molecule has 0 aliphatic carbocycles. The Bertz CT molecular complexity index is 976. The van der Waals surface area contributed by atoms with E-state index in [9.17, 15) is 24.6 Å². The Morgan fingerprint density at radius 2 is 1.83 bits per heavy atom. The standard InChI is InChI=1S/C21H23NO7S/c1-5-11(2)29-21(27)15(19(23)24)10-22-18-16(20(25)26)12(3)17(30-18)13-6-8-14(28-4)9-7-13/h6-11,22H,5H2,1-4H3,(H,23,24)(H,25,26). The number of nitrogens with one attached hydrogen (secondary N) is 1. The number of aromatic carboxylic acids is 1. The monoisotopic (exact) mass is 433 g/mol. The number of ether oxygens (including phenoxy) is 2. The molecular weight excluding hydrogens is 410 g/mol. The number of carbonyl (C=O) groups excluding carboxylic acids is 1. The van der Waals surface area contributed by atoms with E-state index < -0.39 is 29.6 Å². The van der Waals surface area contributed by atoms with Gasteiger partial charge in [-0.2, -0.15) is 0 Å². The molecule has 0 radical (unpaired) electrons. The summed E-state index contributed by atoms with van der Waals surface area (Å²) in [4.78, 5) is 36.1. The first-order valence-electron chi connectivity index (χ1n) is 9.11. The zero-order valence-electron chi connectivity index (χ0n) is 17.0. The van der Waals surface area contributed by atoms with Crippen molar-refractivity contribution in [3.8, 4) is 16.2 Å². The van der Waals surface area contributed by atoms with E-state index in [4.69, 9.17) is 9.47 Å². The third-order valence-corrected chi connectivity index (χ3v) is 5.67. The summed E-state index contributed by atoms with van der Waals surface area (Å²) >= 11 is 1.14. The molecule has 0 bridgehead atoms. The average molecular weight is 433 g/mol. The summed E-state index contributed by atoms with van der Waals surface area (Å²) in [5.74, 6) is -2.97. The maximum absolute atomic E-state index is 12.1. The van der Waals surface area contributed by atoms with Crippen LogP contribution in [0.1, 0.15) is 36.2 Å². The molecule has 1 atom stereocenters. The molecule has 160 valence electrons. The van der Waals surface area contributed by atoms with E-state index in [2.05, 4.69) is 5.32 Å². The minimum absolute atomic E-state index is 0.00194. The number of benzene rings is 1. The van der Waals surface area contributed by atoms with Crippen LogP contribution in [0.25, 0.3) is 10.4 Å². The fourth-order valence-electron chi connectivity index (χ4n) is 2.57. The van der Waals surface area contributed by atoms with E-state index >= 15 is 0 Å². The Kier molecular flexibility index (Phi) is 7.60. The van der Waals surface area contributed by atoms with Gasteiger partial charge in [-0.1, -0.05) is 6.92 Å². The summed E-state index contributed by atoms with van der Waals surface area (Å²) in [7, 11) is 1.55. The second-order valence-corrected chi connectivity index (χ2v) is 7.45. The summed E-state index contributed by atoms with van der Waals surface area (Å²) in [5, 5.41) is 21.9. The minimum Gasteiger partial charge on any atom is -0.497 e. The predicted molar refractivity (Wildman–Crippen MR) is 113 cm³/mol. The van der Waals surface area contributed by atoms with Crippen molar-refractivity contribution in [2.75, 3.05) is 12.4 Å². The maximum Gasteiger partial charge on any atom is 0.347 e. The first-order chi connectivity index (χ1) is 14.2. The van der Waals surface area contributed by atoms with Gasteiger partial charge in [-0.25, -0.2) is 14.4 Å². The van der Waals surface area contributed by atoms with Crippen molar-refractivity contribution < 1.29 is 34.1 Å². The number of hydrogen-bond acceptors (Lipinski definition) is 7. The SMILES string of the molecule is CCC(C)OC(=O)C(=CNc1sc(-c2ccc(OC)cc2)c(C)c1C(=O)O)C(=O)O. The van der Waals surface area contributed by atoms with Gasteiger partial charge in [0.1, 0.15) is 10.8 Å². The Morgan fingerprint density at radius 1 is 1.20 bits per heavy atom. The molecule has 0 spiro atoms. The van der Waals surface area contributed by atoms with Gasteiger partial charge in [0.2, 0.25) is 0 Å². The van der Waals surface area contributed by atoms with Crippen LogP contribution in [0.5, 0.6) is 5.75 Å². The number of carboxylic acid groups (broad SMARTS) is 2. The molecule has 1 unspecified atom stereocenters. The van der Waals surface area contributed by atoms with Crippen molar-refractivity contribution in [1.82, 2.24) is 0 Å². The lowest BCUT2D eigenvalue weighted by Gasteiger charge is -2.11. The molecule has 0 fully saturated rings. The highest BCUT2D eigenvalue weighted by Crippen LogP contribution is 2.40. The lowest BCUT2D eigenvalue weighted by atomic mass is 10.1. The molecular formula is C21H23NO7S. The number of carbonyl (C=O) groups is 3. The van der Waals surface area contributed by atoms with Crippen LogP contribution in [0.4, 0.5) is 5.00 Å². The fourth-order valence-corrected chi connectivity index (χ4v) is 3.74. The highest BCUT2D eigenvalue weighted by Gasteiger charge is 2.24. The molecule has 9 heteroatoms. The van der Waals surface area contributed by atoms with Gasteiger partial charge in [0.15, 0.2) is 5.57 Å². The van der Waals surface area contributed by atoms with Crippen LogP contribution in [0.15, 0.2) is 36.0 Å². The molecule has 1 aromatic carbocycles. The lowest BCUT2D eigenvalue weighted by molar-refractivity contribution is -0.147. The molecule has 1 aromatic heterocycles. The van der Waals surface area contributed by atoms with E-state index in [1.165, 1.54) is 0 Å². The highest BCUT2D eigenvalue weighted by molar-refractivity contribution is 7.20. The van der Waals surface area contributed by atoms with Gasteiger partial charge in [-0.3, -0.25) is 0 Å². The van der Waals surface area contributed by atoms with E-state index in [-0.39, 0.29) is 10.6 Å². The second-order valence-electron chi connectivity index (χ2n) is 6.43. The zero-order chi connectivity index (χ0) is 22.4. The Hall–Kier alpha value is -3.33. The third kappa shape index (κ3) is 5.18. The number of rotatable bonds is 9. The molecule has 0 amide bonds. The Balaban J connectivity index is 2.42. The van der Waals surface area contributed by atoms with Crippen LogP contribution in [0.3, 0.4) is 0 Å². The largest absolute Gasteiger partial charge is 0.497 e. The van der Waals surface area contributed by atoms with Crippen LogP contribution in [-0.2, 0) is 14.3 Å². The van der Waals surface area contributed by atoms with Crippen molar-refractivity contribution in [2.24, 2.45) is 0 Å². The topological polar surface area (TPSA) is 122 Å². The second kappa shape index (κ2) is 9.93. The van der Waals surface area contributed by atoms with Crippen molar-refractivity contribution in [3.63, 3.8) is 0 Å². The van der Waals surface area contributed by atoms with Gasteiger partial charge in [-0.05, 0) is 55.7 Å². The summed E-state index contributed by atoms with van der Waals surface area (Å²) in [6.45, 7) is 5.12.